The zero-order chi connectivity index (χ0) is 24.0. The summed E-state index contributed by atoms with van der Waals surface area (Å²) in [6.45, 7) is 0. The molecule has 0 radical (unpaired) electrons. The fourth-order valence-corrected chi connectivity index (χ4v) is 5.71. The Morgan fingerprint density at radius 2 is 1.74 bits per heavy atom. The van der Waals surface area contributed by atoms with Crippen molar-refractivity contribution in [2.75, 3.05) is 4.90 Å². The minimum Gasteiger partial charge on any atom is -0.481 e. The lowest BCUT2D eigenvalue weighted by Crippen LogP contribution is -2.53. The summed E-state index contributed by atoms with van der Waals surface area (Å²) in [6.07, 6.45) is 3.59. The first-order valence-electron chi connectivity index (χ1n) is 11.8. The Bertz CT molecular complexity index is 1150. The highest BCUT2D eigenvalue weighted by Gasteiger charge is 2.51. The summed E-state index contributed by atoms with van der Waals surface area (Å²) < 4.78 is 28.4. The standard InChI is InChI=1S/C26H26F2N2O4/c27-16-4-1-3-15(13-16)26(34)30-21-6-2-5-19(21)25(20-14-17(28)7-10-22(20)30)29(18-8-9-18)23(31)11-12-24(32)33/h1,3-4,7,10,13-14,18-19,21,25H,2,5-6,8-9,11-12H2,(H,32,33). The second-order valence-electron chi connectivity index (χ2n) is 9.42. The molecule has 6 nitrogen and oxygen atoms in total. The highest BCUT2D eigenvalue weighted by Crippen LogP contribution is 2.53. The van der Waals surface area contributed by atoms with E-state index in [4.69, 9.17) is 5.11 Å². The van der Waals surface area contributed by atoms with Crippen molar-refractivity contribution in [2.45, 2.75) is 63.1 Å². The summed E-state index contributed by atoms with van der Waals surface area (Å²) in [5, 5.41) is 9.09. The molecule has 1 heterocycles. The molecule has 2 aromatic carbocycles. The third kappa shape index (κ3) is 4.06. The van der Waals surface area contributed by atoms with Gasteiger partial charge in [0.2, 0.25) is 5.91 Å². The maximum atomic E-state index is 14.5. The van der Waals surface area contributed by atoms with Gasteiger partial charge in [-0.1, -0.05) is 12.5 Å². The third-order valence-electron chi connectivity index (χ3n) is 7.21. The Kier molecular flexibility index (Phi) is 5.83. The average Bonchev–Trinajstić information content (AvgIpc) is 3.52. The Labute approximate surface area is 196 Å². The number of benzene rings is 2. The van der Waals surface area contributed by atoms with Crippen molar-refractivity contribution < 1.29 is 28.3 Å². The molecule has 2 aromatic rings. The molecular formula is C26H26F2N2O4. The van der Waals surface area contributed by atoms with Gasteiger partial charge in [0.15, 0.2) is 0 Å². The molecule has 34 heavy (non-hydrogen) atoms. The molecule has 0 aromatic heterocycles. The molecule has 0 saturated heterocycles. The minimum absolute atomic E-state index is 0.00543. The monoisotopic (exact) mass is 468 g/mol. The number of carbonyl (C=O) groups excluding carboxylic acids is 2. The lowest BCUT2D eigenvalue weighted by molar-refractivity contribution is -0.142. The van der Waals surface area contributed by atoms with Gasteiger partial charge in [-0.25, -0.2) is 8.78 Å². The van der Waals surface area contributed by atoms with Gasteiger partial charge in [0.1, 0.15) is 11.6 Å². The molecule has 3 aliphatic rings. The van der Waals surface area contributed by atoms with E-state index in [1.54, 1.807) is 21.9 Å². The van der Waals surface area contributed by atoms with Crippen LogP contribution in [0.2, 0.25) is 0 Å². The van der Waals surface area contributed by atoms with E-state index in [2.05, 4.69) is 0 Å². The van der Waals surface area contributed by atoms with Crippen molar-refractivity contribution in [3.05, 3.63) is 65.2 Å². The van der Waals surface area contributed by atoms with Crippen molar-refractivity contribution in [3.63, 3.8) is 0 Å². The van der Waals surface area contributed by atoms with Crippen LogP contribution in [0.3, 0.4) is 0 Å². The number of hydrogen-bond acceptors (Lipinski definition) is 3. The van der Waals surface area contributed by atoms with Crippen LogP contribution in [0.15, 0.2) is 42.5 Å². The van der Waals surface area contributed by atoms with Gasteiger partial charge in [-0.15, -0.1) is 0 Å². The van der Waals surface area contributed by atoms with E-state index in [9.17, 15) is 23.2 Å². The fraction of sp³-hybridized carbons (Fsp3) is 0.423. The first-order chi connectivity index (χ1) is 16.3. The topological polar surface area (TPSA) is 77.9 Å². The predicted octanol–water partition coefficient (Wildman–Crippen LogP) is 4.69. The molecule has 2 aliphatic carbocycles. The molecule has 1 N–H and O–H groups in total. The van der Waals surface area contributed by atoms with E-state index < -0.39 is 23.6 Å². The number of nitrogens with zero attached hydrogens (tertiary/aromatic N) is 2. The van der Waals surface area contributed by atoms with Crippen molar-refractivity contribution >= 4 is 23.5 Å². The summed E-state index contributed by atoms with van der Waals surface area (Å²) in [4.78, 5) is 41.4. The van der Waals surface area contributed by atoms with Crippen LogP contribution in [0.5, 0.6) is 0 Å². The van der Waals surface area contributed by atoms with Crippen LogP contribution in [-0.4, -0.2) is 39.9 Å². The highest BCUT2D eigenvalue weighted by atomic mass is 19.1. The van der Waals surface area contributed by atoms with Gasteiger partial charge in [0.25, 0.3) is 5.91 Å². The van der Waals surface area contributed by atoms with Crippen LogP contribution in [0.4, 0.5) is 14.5 Å². The summed E-state index contributed by atoms with van der Waals surface area (Å²) in [5.41, 5.74) is 1.31. The Morgan fingerprint density at radius 1 is 0.971 bits per heavy atom. The van der Waals surface area contributed by atoms with Crippen LogP contribution in [-0.2, 0) is 9.59 Å². The molecule has 8 heteroatoms. The number of carbonyl (C=O) groups is 3. The second-order valence-corrected chi connectivity index (χ2v) is 9.42. The molecule has 1 aliphatic heterocycles. The van der Waals surface area contributed by atoms with Crippen LogP contribution >= 0.6 is 0 Å². The molecular weight excluding hydrogens is 442 g/mol. The number of carboxylic acid groups (broad SMARTS) is 1. The quantitative estimate of drug-likeness (QED) is 0.667. The van der Waals surface area contributed by atoms with Gasteiger partial charge in [-0.3, -0.25) is 14.4 Å². The van der Waals surface area contributed by atoms with Crippen LogP contribution < -0.4 is 4.90 Å². The van der Waals surface area contributed by atoms with Gasteiger partial charge in [0, 0.05) is 41.2 Å². The SMILES string of the molecule is O=C(O)CCC(=O)N(C1CC1)C1c2cc(F)ccc2N(C(=O)c2cccc(F)c2)C2CCCC21. The number of hydrogen-bond donors (Lipinski definition) is 1. The van der Waals surface area contributed by atoms with Crippen molar-refractivity contribution in [1.82, 2.24) is 4.90 Å². The zero-order valence-corrected chi connectivity index (χ0v) is 18.6. The van der Waals surface area contributed by atoms with Gasteiger partial charge < -0.3 is 14.9 Å². The first kappa shape index (κ1) is 22.5. The normalized spacial score (nSPS) is 23.2. The van der Waals surface area contributed by atoms with Crippen LogP contribution in [0, 0.1) is 17.6 Å². The number of amides is 2. The molecule has 178 valence electrons. The molecule has 3 atom stereocenters. The average molecular weight is 469 g/mol. The minimum atomic E-state index is -1.04. The summed E-state index contributed by atoms with van der Waals surface area (Å²) in [6, 6.07) is 9.14. The molecule has 0 bridgehead atoms. The van der Waals surface area contributed by atoms with E-state index in [1.807, 2.05) is 0 Å². The van der Waals surface area contributed by atoms with Gasteiger partial charge >= 0.3 is 5.97 Å². The van der Waals surface area contributed by atoms with Crippen LogP contribution in [0.1, 0.15) is 66.9 Å². The number of halogens is 2. The highest BCUT2D eigenvalue weighted by molar-refractivity contribution is 6.07. The van der Waals surface area contributed by atoms with Crippen LogP contribution in [0.25, 0.3) is 0 Å². The van der Waals surface area contributed by atoms with E-state index in [0.29, 0.717) is 11.3 Å². The molecule has 5 rings (SSSR count). The summed E-state index contributed by atoms with van der Waals surface area (Å²) in [7, 11) is 0. The molecule has 0 spiro atoms. The molecule has 2 fully saturated rings. The Balaban J connectivity index is 1.59. The second kappa shape index (κ2) is 8.81. The van der Waals surface area contributed by atoms with Gasteiger partial charge in [-0.05, 0) is 62.1 Å². The predicted molar refractivity (Wildman–Crippen MR) is 120 cm³/mol. The van der Waals surface area contributed by atoms with E-state index in [-0.39, 0.29) is 48.2 Å². The van der Waals surface area contributed by atoms with E-state index in [1.165, 1.54) is 30.3 Å². The summed E-state index contributed by atoms with van der Waals surface area (Å²) in [5.74, 6) is -2.72. The fourth-order valence-electron chi connectivity index (χ4n) is 5.71. The number of anilines is 1. The van der Waals surface area contributed by atoms with Crippen molar-refractivity contribution in [3.8, 4) is 0 Å². The zero-order valence-electron chi connectivity index (χ0n) is 18.6. The first-order valence-corrected chi connectivity index (χ1v) is 11.8. The number of carboxylic acids is 1. The largest absolute Gasteiger partial charge is 0.481 e. The molecule has 3 unspecified atom stereocenters. The lowest BCUT2D eigenvalue weighted by atomic mass is 9.81. The maximum Gasteiger partial charge on any atom is 0.303 e. The van der Waals surface area contributed by atoms with Crippen molar-refractivity contribution in [2.24, 2.45) is 5.92 Å². The lowest BCUT2D eigenvalue weighted by Gasteiger charge is -2.48. The van der Waals surface area contributed by atoms with Gasteiger partial charge in [-0.2, -0.15) is 0 Å². The molecule has 2 saturated carbocycles. The number of rotatable bonds is 6. The third-order valence-corrected chi connectivity index (χ3v) is 7.21. The molecule has 2 amide bonds. The van der Waals surface area contributed by atoms with E-state index in [0.717, 1.165) is 32.1 Å². The Morgan fingerprint density at radius 3 is 2.44 bits per heavy atom. The summed E-state index contributed by atoms with van der Waals surface area (Å²) >= 11 is 0. The smallest absolute Gasteiger partial charge is 0.303 e. The van der Waals surface area contributed by atoms with E-state index >= 15 is 0 Å². The number of fused-ring (bicyclic) bond motifs is 2. The van der Waals surface area contributed by atoms with Crippen molar-refractivity contribution in [1.29, 1.82) is 0 Å². The Hall–Kier alpha value is -3.29. The van der Waals surface area contributed by atoms with Gasteiger partial charge in [0.05, 0.1) is 12.5 Å². The number of aliphatic carboxylic acids is 1. The maximum absolute atomic E-state index is 14.5.